The topological polar surface area (TPSA) is 65.8 Å². The Labute approximate surface area is 384 Å². The molecule has 9 aromatic carbocycles. The summed E-state index contributed by atoms with van der Waals surface area (Å²) in [7, 11) is 0. The van der Waals surface area contributed by atoms with Crippen LogP contribution in [0.2, 0.25) is 0 Å². The molecule has 0 bridgehead atoms. The molecule has 0 amide bonds. The van der Waals surface area contributed by atoms with E-state index in [1.807, 2.05) is 84.9 Å². The number of rotatable bonds is 7. The van der Waals surface area contributed by atoms with Gasteiger partial charge < -0.3 is 13.6 Å². The average Bonchev–Trinajstić information content (AvgIpc) is 3.91. The highest BCUT2D eigenvalue weighted by atomic mass is 16.4. The number of para-hydroxylation sites is 2. The van der Waals surface area contributed by atoms with E-state index in [1.165, 1.54) is 0 Å². The van der Waals surface area contributed by atoms with E-state index < -0.39 is 5.63 Å². The predicted octanol–water partition coefficient (Wildman–Crippen LogP) is 15.1. The van der Waals surface area contributed by atoms with Crippen molar-refractivity contribution in [3.63, 3.8) is 0 Å². The minimum atomic E-state index is -0.476. The predicted molar refractivity (Wildman–Crippen MR) is 274 cm³/mol. The van der Waals surface area contributed by atoms with Gasteiger partial charge >= 0.3 is 5.63 Å². The first-order valence-electron chi connectivity index (χ1n) is 22.4. The summed E-state index contributed by atoms with van der Waals surface area (Å²) in [6.45, 7) is 0. The fourth-order valence-electron chi connectivity index (χ4n) is 9.94. The second-order valence-corrected chi connectivity index (χ2v) is 16.9. The molecule has 0 fully saturated rings. The molecule has 0 saturated carbocycles. The van der Waals surface area contributed by atoms with E-state index in [9.17, 15) is 4.79 Å². The van der Waals surface area contributed by atoms with Gasteiger partial charge in [-0.2, -0.15) is 0 Å². The Hall–Kier alpha value is -9.13. The molecular formula is C61H38N4O2. The minimum absolute atomic E-state index is 0.440. The summed E-state index contributed by atoms with van der Waals surface area (Å²) in [6.07, 6.45) is 0. The summed E-state index contributed by atoms with van der Waals surface area (Å²) < 4.78 is 11.0. The van der Waals surface area contributed by atoms with Gasteiger partial charge in [0.15, 0.2) is 5.82 Å². The smallest absolute Gasteiger partial charge is 0.336 e. The van der Waals surface area contributed by atoms with Crippen LogP contribution in [0, 0.1) is 0 Å². The van der Waals surface area contributed by atoms with Crippen LogP contribution in [0.15, 0.2) is 240 Å². The van der Waals surface area contributed by atoms with Crippen LogP contribution in [0.25, 0.3) is 122 Å². The van der Waals surface area contributed by atoms with Crippen LogP contribution in [-0.4, -0.2) is 19.1 Å². The second kappa shape index (κ2) is 15.5. The van der Waals surface area contributed by atoms with Crippen molar-refractivity contribution >= 4 is 54.6 Å². The minimum Gasteiger partial charge on any atom is -0.423 e. The van der Waals surface area contributed by atoms with Gasteiger partial charge in [-0.05, 0) is 70.8 Å². The first kappa shape index (κ1) is 38.3. The summed E-state index contributed by atoms with van der Waals surface area (Å²) in [5.41, 5.74) is 14.2. The molecule has 0 N–H and O–H groups in total. The molecule has 0 aliphatic rings. The van der Waals surface area contributed by atoms with Gasteiger partial charge in [-0.1, -0.05) is 170 Å². The zero-order chi connectivity index (χ0) is 44.4. The fraction of sp³-hybridized carbons (Fsp3) is 0. The fourth-order valence-corrected chi connectivity index (χ4v) is 9.94. The Morgan fingerprint density at radius 2 is 0.836 bits per heavy atom. The third kappa shape index (κ3) is 6.45. The average molecular weight is 859 g/mol. The first-order chi connectivity index (χ1) is 33.1. The van der Waals surface area contributed by atoms with E-state index in [1.54, 1.807) is 6.07 Å². The Morgan fingerprint density at radius 3 is 1.43 bits per heavy atom. The molecule has 6 nitrogen and oxygen atoms in total. The summed E-state index contributed by atoms with van der Waals surface area (Å²) in [6, 6.07) is 79.4. The van der Waals surface area contributed by atoms with E-state index in [2.05, 4.69) is 149 Å². The maximum atomic E-state index is 14.2. The molecule has 67 heavy (non-hydrogen) atoms. The first-order valence-corrected chi connectivity index (χ1v) is 22.4. The molecule has 0 radical (unpaired) electrons. The molecule has 4 aromatic heterocycles. The molecule has 4 heterocycles. The molecule has 0 unspecified atom stereocenters. The van der Waals surface area contributed by atoms with Gasteiger partial charge in [0.25, 0.3) is 0 Å². The molecule has 13 aromatic rings. The van der Waals surface area contributed by atoms with Gasteiger partial charge in [-0.3, -0.25) is 0 Å². The van der Waals surface area contributed by atoms with Crippen molar-refractivity contribution in [1.29, 1.82) is 0 Å². The standard InChI is InChI=1S/C61H38N4O2/c66-59-37-50(52-38-51(41-21-9-3-10-22-41)62-61(63-52)42-23-11-4-12-24-42)60-57(65-54-28-16-14-26-47(54)49-34-44(30-32-56(49)65)40-19-7-2-8-20-40)35-45(36-58(60)67-59)64-53-27-15-13-25-46(53)48-33-43(29-31-55(48)64)39-17-5-1-6-18-39/h1-38H. The van der Waals surface area contributed by atoms with Crippen LogP contribution in [0.5, 0.6) is 0 Å². The van der Waals surface area contributed by atoms with Crippen LogP contribution >= 0.6 is 0 Å². The van der Waals surface area contributed by atoms with Crippen LogP contribution in [0.1, 0.15) is 0 Å². The van der Waals surface area contributed by atoms with Crippen molar-refractivity contribution in [1.82, 2.24) is 19.1 Å². The van der Waals surface area contributed by atoms with E-state index in [0.29, 0.717) is 22.7 Å². The third-order valence-electron chi connectivity index (χ3n) is 13.0. The number of benzene rings is 9. The lowest BCUT2D eigenvalue weighted by Gasteiger charge is -2.18. The van der Waals surface area contributed by atoms with E-state index >= 15 is 0 Å². The molecule has 6 heteroatoms. The molecule has 0 aliphatic carbocycles. The van der Waals surface area contributed by atoms with Crippen molar-refractivity contribution in [3.05, 3.63) is 241 Å². The van der Waals surface area contributed by atoms with Gasteiger partial charge in [0.05, 0.1) is 50.2 Å². The lowest BCUT2D eigenvalue weighted by atomic mass is 10.0. The summed E-state index contributed by atoms with van der Waals surface area (Å²) in [5, 5.41) is 5.22. The second-order valence-electron chi connectivity index (χ2n) is 16.9. The monoisotopic (exact) mass is 858 g/mol. The molecule has 0 spiro atoms. The SMILES string of the molecule is O=c1cc(-c2cc(-c3ccccc3)nc(-c3ccccc3)n2)c2c(-n3c4ccccc4c4cc(-c5ccccc5)ccc43)cc(-n3c4ccccc4c4cc(-c5ccccc5)ccc43)cc2o1. The normalized spacial score (nSPS) is 11.6. The van der Waals surface area contributed by atoms with Crippen molar-refractivity contribution in [3.8, 4) is 67.5 Å². The zero-order valence-electron chi connectivity index (χ0n) is 36.0. The zero-order valence-corrected chi connectivity index (χ0v) is 36.0. The molecule has 0 aliphatic heterocycles. The van der Waals surface area contributed by atoms with Crippen molar-refractivity contribution < 1.29 is 4.42 Å². The molecular weight excluding hydrogens is 821 g/mol. The Balaban J connectivity index is 1.15. The number of hydrogen-bond acceptors (Lipinski definition) is 4. The van der Waals surface area contributed by atoms with Gasteiger partial charge in [0.2, 0.25) is 0 Å². The molecule has 0 atom stereocenters. The van der Waals surface area contributed by atoms with E-state index in [-0.39, 0.29) is 0 Å². The maximum Gasteiger partial charge on any atom is 0.336 e. The molecule has 314 valence electrons. The highest BCUT2D eigenvalue weighted by Crippen LogP contribution is 2.43. The largest absolute Gasteiger partial charge is 0.423 e. The summed E-state index contributed by atoms with van der Waals surface area (Å²) >= 11 is 0. The van der Waals surface area contributed by atoms with Crippen LogP contribution in [-0.2, 0) is 0 Å². The van der Waals surface area contributed by atoms with Gasteiger partial charge in [-0.25, -0.2) is 14.8 Å². The van der Waals surface area contributed by atoms with Crippen molar-refractivity contribution in [2.75, 3.05) is 0 Å². The number of nitrogens with zero attached hydrogens (tertiary/aromatic N) is 4. The van der Waals surface area contributed by atoms with E-state index in [4.69, 9.17) is 14.4 Å². The Morgan fingerprint density at radius 1 is 0.358 bits per heavy atom. The molecule has 0 saturated heterocycles. The van der Waals surface area contributed by atoms with Crippen molar-refractivity contribution in [2.45, 2.75) is 0 Å². The van der Waals surface area contributed by atoms with Gasteiger partial charge in [0, 0.05) is 50.4 Å². The summed E-state index contributed by atoms with van der Waals surface area (Å²) in [4.78, 5) is 24.5. The third-order valence-corrected chi connectivity index (χ3v) is 13.0. The highest BCUT2D eigenvalue weighted by Gasteiger charge is 2.24. The number of hydrogen-bond donors (Lipinski definition) is 0. The number of fused-ring (bicyclic) bond motifs is 7. The maximum absolute atomic E-state index is 14.2. The van der Waals surface area contributed by atoms with Crippen LogP contribution in [0.3, 0.4) is 0 Å². The van der Waals surface area contributed by atoms with Crippen molar-refractivity contribution in [2.24, 2.45) is 0 Å². The van der Waals surface area contributed by atoms with Crippen LogP contribution < -0.4 is 5.63 Å². The lowest BCUT2D eigenvalue weighted by Crippen LogP contribution is -2.06. The quantitative estimate of drug-likeness (QED) is 0.150. The highest BCUT2D eigenvalue weighted by molar-refractivity contribution is 6.14. The van der Waals surface area contributed by atoms with Gasteiger partial charge in [-0.15, -0.1) is 0 Å². The summed E-state index contributed by atoms with van der Waals surface area (Å²) in [5.74, 6) is 0.557. The lowest BCUT2D eigenvalue weighted by molar-refractivity contribution is 0.561. The Bertz CT molecular complexity index is 4040. The van der Waals surface area contributed by atoms with Crippen LogP contribution in [0.4, 0.5) is 0 Å². The number of aromatic nitrogens is 4. The Kier molecular flexibility index (Phi) is 8.89. The van der Waals surface area contributed by atoms with E-state index in [0.717, 1.165) is 99.4 Å². The van der Waals surface area contributed by atoms with Gasteiger partial charge in [0.1, 0.15) is 5.58 Å². The molecule has 13 rings (SSSR count).